The van der Waals surface area contributed by atoms with E-state index in [2.05, 4.69) is 10.3 Å². The minimum atomic E-state index is -4.60. The number of nitrogens with one attached hydrogen (secondary N) is 1. The average Bonchev–Trinajstić information content (AvgIpc) is 2.78. The van der Waals surface area contributed by atoms with Gasteiger partial charge in [0.25, 0.3) is 5.56 Å². The molecule has 0 aliphatic heterocycles. The highest BCUT2D eigenvalue weighted by Crippen LogP contribution is 2.34. The third kappa shape index (κ3) is 4.84. The summed E-state index contributed by atoms with van der Waals surface area (Å²) in [6.07, 6.45) is -4.60. The maximum absolute atomic E-state index is 13.4. The number of carbonyl (C=O) groups is 1. The van der Waals surface area contributed by atoms with Gasteiger partial charge in [0, 0.05) is 0 Å². The van der Waals surface area contributed by atoms with Crippen LogP contribution in [0.3, 0.4) is 0 Å². The first-order valence-electron chi connectivity index (χ1n) is 10.3. The number of fused-ring (bicyclic) bond motifs is 1. The van der Waals surface area contributed by atoms with Gasteiger partial charge in [-0.25, -0.2) is 4.98 Å². The summed E-state index contributed by atoms with van der Waals surface area (Å²) >= 11 is 0.983. The Morgan fingerprint density at radius 3 is 2.47 bits per heavy atom. The van der Waals surface area contributed by atoms with Gasteiger partial charge in [-0.3, -0.25) is 14.2 Å². The molecule has 0 aliphatic carbocycles. The van der Waals surface area contributed by atoms with Gasteiger partial charge in [-0.05, 0) is 49.7 Å². The molecule has 1 amide bonds. The molecule has 1 N–H and O–H groups in total. The SMILES string of the molecule is Cc1ccc(-n2c(SCC(=O)Nc3ccccc3C(F)(F)F)nc3ccccc3c2=O)c(C)c1. The molecule has 0 bridgehead atoms. The van der Waals surface area contributed by atoms with E-state index in [1.807, 2.05) is 32.0 Å². The molecule has 34 heavy (non-hydrogen) atoms. The Labute approximate surface area is 197 Å². The number of halogens is 3. The fraction of sp³-hybridized carbons (Fsp3) is 0.160. The van der Waals surface area contributed by atoms with E-state index in [0.29, 0.717) is 16.6 Å². The van der Waals surface area contributed by atoms with Crippen molar-refractivity contribution in [2.24, 2.45) is 0 Å². The number of alkyl halides is 3. The second kappa shape index (κ2) is 9.34. The molecule has 0 unspecified atom stereocenters. The van der Waals surface area contributed by atoms with Gasteiger partial charge in [0.1, 0.15) is 0 Å². The highest BCUT2D eigenvalue weighted by atomic mass is 32.2. The zero-order chi connectivity index (χ0) is 24.5. The molecule has 9 heteroatoms. The second-order valence-corrected chi connectivity index (χ2v) is 8.66. The number of amides is 1. The summed E-state index contributed by atoms with van der Waals surface area (Å²) in [5.41, 5.74) is 1.44. The summed E-state index contributed by atoms with van der Waals surface area (Å²) in [7, 11) is 0. The number of nitrogens with zero attached hydrogens (tertiary/aromatic N) is 2. The van der Waals surface area contributed by atoms with E-state index in [-0.39, 0.29) is 22.2 Å². The van der Waals surface area contributed by atoms with Gasteiger partial charge in [0.15, 0.2) is 5.16 Å². The van der Waals surface area contributed by atoms with E-state index in [0.717, 1.165) is 29.0 Å². The van der Waals surface area contributed by atoms with Crippen molar-refractivity contribution < 1.29 is 18.0 Å². The van der Waals surface area contributed by atoms with Crippen LogP contribution < -0.4 is 10.9 Å². The van der Waals surface area contributed by atoms with Gasteiger partial charge in [-0.1, -0.05) is 53.7 Å². The van der Waals surface area contributed by atoms with Crippen molar-refractivity contribution in [1.29, 1.82) is 0 Å². The van der Waals surface area contributed by atoms with E-state index in [1.54, 1.807) is 24.3 Å². The first-order chi connectivity index (χ1) is 16.1. The predicted molar refractivity (Wildman–Crippen MR) is 128 cm³/mol. The first-order valence-corrected chi connectivity index (χ1v) is 11.3. The van der Waals surface area contributed by atoms with E-state index >= 15 is 0 Å². The van der Waals surface area contributed by atoms with Crippen LogP contribution in [0, 0.1) is 13.8 Å². The van der Waals surface area contributed by atoms with Crippen LogP contribution in [0.25, 0.3) is 16.6 Å². The predicted octanol–water partition coefficient (Wildman–Crippen LogP) is 5.75. The molecule has 0 saturated heterocycles. The van der Waals surface area contributed by atoms with Gasteiger partial charge < -0.3 is 5.32 Å². The van der Waals surface area contributed by atoms with Gasteiger partial charge >= 0.3 is 6.18 Å². The molecule has 1 heterocycles. The Balaban J connectivity index is 1.69. The summed E-state index contributed by atoms with van der Waals surface area (Å²) in [6, 6.07) is 17.3. The number of anilines is 1. The third-order valence-electron chi connectivity index (χ3n) is 5.18. The Kier molecular flexibility index (Phi) is 6.47. The van der Waals surface area contributed by atoms with Crippen molar-refractivity contribution >= 4 is 34.3 Å². The zero-order valence-electron chi connectivity index (χ0n) is 18.3. The number of benzene rings is 3. The van der Waals surface area contributed by atoms with Gasteiger partial charge in [0.2, 0.25) is 5.91 Å². The summed E-state index contributed by atoms with van der Waals surface area (Å²) in [5.74, 6) is -0.877. The fourth-order valence-corrected chi connectivity index (χ4v) is 4.44. The van der Waals surface area contributed by atoms with E-state index in [9.17, 15) is 22.8 Å². The number of aromatic nitrogens is 2. The Hall–Kier alpha value is -3.59. The third-order valence-corrected chi connectivity index (χ3v) is 6.12. The summed E-state index contributed by atoms with van der Waals surface area (Å²) in [4.78, 5) is 30.5. The fourth-order valence-electron chi connectivity index (χ4n) is 3.63. The lowest BCUT2D eigenvalue weighted by Gasteiger charge is -2.16. The average molecular weight is 484 g/mol. The normalized spacial score (nSPS) is 11.6. The lowest BCUT2D eigenvalue weighted by Crippen LogP contribution is -2.24. The van der Waals surface area contributed by atoms with Gasteiger partial charge in [0.05, 0.1) is 33.6 Å². The molecule has 0 radical (unpaired) electrons. The van der Waals surface area contributed by atoms with Crippen LogP contribution in [0.2, 0.25) is 0 Å². The van der Waals surface area contributed by atoms with E-state index in [4.69, 9.17) is 0 Å². The van der Waals surface area contributed by atoms with Crippen LogP contribution in [0.5, 0.6) is 0 Å². The molecule has 1 aromatic heterocycles. The molecule has 4 aromatic rings. The molecule has 4 rings (SSSR count). The topological polar surface area (TPSA) is 64.0 Å². The van der Waals surface area contributed by atoms with Crippen molar-refractivity contribution in [2.45, 2.75) is 25.2 Å². The quantitative estimate of drug-likeness (QED) is 0.290. The van der Waals surface area contributed by atoms with Gasteiger partial charge in [-0.15, -0.1) is 0 Å². The number of thioether (sulfide) groups is 1. The summed E-state index contributed by atoms with van der Waals surface area (Å²) in [5, 5.41) is 3.02. The number of hydrogen-bond donors (Lipinski definition) is 1. The molecular formula is C25H20F3N3O2S. The standard InChI is InChI=1S/C25H20F3N3O2S/c1-15-11-12-21(16(2)13-15)31-23(33)17-7-3-5-9-19(17)30-24(31)34-14-22(32)29-20-10-6-4-8-18(20)25(26,27)28/h3-13H,14H2,1-2H3,(H,29,32). The smallest absolute Gasteiger partial charge is 0.325 e. The summed E-state index contributed by atoms with van der Waals surface area (Å²) in [6.45, 7) is 3.82. The van der Waals surface area contributed by atoms with Crippen LogP contribution in [0.15, 0.2) is 76.7 Å². The maximum Gasteiger partial charge on any atom is 0.418 e. The van der Waals surface area contributed by atoms with Crippen molar-refractivity contribution in [2.75, 3.05) is 11.1 Å². The van der Waals surface area contributed by atoms with Crippen molar-refractivity contribution in [3.63, 3.8) is 0 Å². The Morgan fingerprint density at radius 1 is 1.03 bits per heavy atom. The zero-order valence-corrected chi connectivity index (χ0v) is 19.1. The highest BCUT2D eigenvalue weighted by molar-refractivity contribution is 7.99. The Morgan fingerprint density at radius 2 is 1.74 bits per heavy atom. The molecule has 0 saturated carbocycles. The largest absolute Gasteiger partial charge is 0.418 e. The molecule has 0 fully saturated rings. The Bertz CT molecular complexity index is 1450. The maximum atomic E-state index is 13.4. The molecule has 3 aromatic carbocycles. The van der Waals surface area contributed by atoms with Crippen molar-refractivity contribution in [1.82, 2.24) is 9.55 Å². The second-order valence-electron chi connectivity index (χ2n) is 7.72. The van der Waals surface area contributed by atoms with Crippen LogP contribution in [0.4, 0.5) is 18.9 Å². The molecule has 5 nitrogen and oxygen atoms in total. The van der Waals surface area contributed by atoms with Gasteiger partial charge in [-0.2, -0.15) is 13.2 Å². The van der Waals surface area contributed by atoms with Crippen LogP contribution in [-0.2, 0) is 11.0 Å². The van der Waals surface area contributed by atoms with Crippen LogP contribution in [-0.4, -0.2) is 21.2 Å². The number of hydrogen-bond acceptors (Lipinski definition) is 4. The number of aryl methyl sites for hydroxylation is 2. The molecule has 0 atom stereocenters. The minimum absolute atomic E-state index is 0.234. The summed E-state index contributed by atoms with van der Waals surface area (Å²) < 4.78 is 41.2. The van der Waals surface area contributed by atoms with Crippen molar-refractivity contribution in [3.8, 4) is 5.69 Å². The van der Waals surface area contributed by atoms with E-state index in [1.165, 1.54) is 22.8 Å². The minimum Gasteiger partial charge on any atom is -0.325 e. The number of para-hydroxylation sites is 2. The highest BCUT2D eigenvalue weighted by Gasteiger charge is 2.33. The molecule has 0 spiro atoms. The molecule has 174 valence electrons. The lowest BCUT2D eigenvalue weighted by molar-refractivity contribution is -0.137. The van der Waals surface area contributed by atoms with Crippen LogP contribution >= 0.6 is 11.8 Å². The first kappa shape index (κ1) is 23.6. The van der Waals surface area contributed by atoms with Crippen molar-refractivity contribution in [3.05, 3.63) is 93.8 Å². The molecular weight excluding hydrogens is 463 g/mol. The lowest BCUT2D eigenvalue weighted by atomic mass is 10.1. The molecule has 0 aliphatic rings. The van der Waals surface area contributed by atoms with E-state index < -0.39 is 17.6 Å². The number of carbonyl (C=O) groups excluding carboxylic acids is 1. The number of rotatable bonds is 5. The monoisotopic (exact) mass is 483 g/mol. The van der Waals surface area contributed by atoms with Crippen LogP contribution in [0.1, 0.15) is 16.7 Å².